The summed E-state index contributed by atoms with van der Waals surface area (Å²) in [7, 11) is 0. The number of aliphatic hydroxyl groups is 1. The fourth-order valence-electron chi connectivity index (χ4n) is 2.84. The molecule has 3 rings (SSSR count). The van der Waals surface area contributed by atoms with E-state index in [4.69, 9.17) is 0 Å². The number of aliphatic hydroxyl groups excluding tert-OH is 1. The van der Waals surface area contributed by atoms with E-state index in [0.717, 1.165) is 17.3 Å². The van der Waals surface area contributed by atoms with Crippen LogP contribution in [0.1, 0.15) is 12.0 Å². The van der Waals surface area contributed by atoms with E-state index < -0.39 is 11.2 Å². The molecule has 28 heavy (non-hydrogen) atoms. The molecule has 0 spiro atoms. The van der Waals surface area contributed by atoms with Crippen molar-refractivity contribution in [1.29, 1.82) is 5.26 Å². The number of anilines is 1. The Morgan fingerprint density at radius 3 is 2.39 bits per heavy atom. The van der Waals surface area contributed by atoms with Gasteiger partial charge in [0, 0.05) is 18.8 Å². The van der Waals surface area contributed by atoms with E-state index in [1.54, 1.807) is 24.3 Å². The van der Waals surface area contributed by atoms with Gasteiger partial charge >= 0.3 is 0 Å². The molecule has 2 aromatic carbocycles. The molecule has 0 aromatic heterocycles. The third kappa shape index (κ3) is 4.25. The molecule has 1 aliphatic heterocycles. The molecule has 0 radical (unpaired) electrons. The van der Waals surface area contributed by atoms with Gasteiger partial charge in [0.15, 0.2) is 0 Å². The Morgan fingerprint density at radius 2 is 1.79 bits per heavy atom. The van der Waals surface area contributed by atoms with Crippen LogP contribution in [0.25, 0.3) is 0 Å². The average Bonchev–Trinajstić information content (AvgIpc) is 3.04. The lowest BCUT2D eigenvalue weighted by molar-refractivity contribution is -0.117. The monoisotopic (exact) mass is 393 g/mol. The molecule has 1 fully saturated rings. The molecule has 1 heterocycles. The van der Waals surface area contributed by atoms with E-state index in [1.165, 1.54) is 4.90 Å². The number of benzene rings is 2. The van der Waals surface area contributed by atoms with Gasteiger partial charge in [0.2, 0.25) is 5.91 Å². The molecular formula is C21H19N3O3S. The number of carbonyl (C=O) groups excluding carboxylic acids is 2. The van der Waals surface area contributed by atoms with Gasteiger partial charge in [-0.15, -0.1) is 0 Å². The molecule has 0 bridgehead atoms. The van der Waals surface area contributed by atoms with Crippen LogP contribution >= 0.6 is 11.8 Å². The number of thioether (sulfide) groups is 1. The second-order valence-electron chi connectivity index (χ2n) is 6.09. The predicted octanol–water partition coefficient (Wildman–Crippen LogP) is 2.57. The summed E-state index contributed by atoms with van der Waals surface area (Å²) in [4.78, 5) is 26.9. The number of amides is 2. The van der Waals surface area contributed by atoms with Crippen molar-refractivity contribution in [3.63, 3.8) is 0 Å². The molecule has 142 valence electrons. The lowest BCUT2D eigenvalue weighted by Crippen LogP contribution is -2.31. The van der Waals surface area contributed by atoms with E-state index in [2.05, 4.69) is 5.32 Å². The van der Waals surface area contributed by atoms with Crippen LogP contribution in [0, 0.1) is 11.3 Å². The van der Waals surface area contributed by atoms with Crippen molar-refractivity contribution in [3.8, 4) is 6.07 Å². The fraction of sp³-hybridized carbons (Fsp3) is 0.190. The van der Waals surface area contributed by atoms with E-state index in [1.807, 2.05) is 42.5 Å². The SMILES string of the molecule is N#C/C(C(=O)NCc1ccccc1)=C1/S[C@H](CCO)C(=O)N1c1ccccc1. The molecule has 6 nitrogen and oxygen atoms in total. The highest BCUT2D eigenvalue weighted by Crippen LogP contribution is 2.41. The van der Waals surface area contributed by atoms with Crippen LogP contribution in [0.3, 0.4) is 0 Å². The van der Waals surface area contributed by atoms with E-state index >= 15 is 0 Å². The Balaban J connectivity index is 1.92. The van der Waals surface area contributed by atoms with Gasteiger partial charge in [0.05, 0.1) is 5.25 Å². The summed E-state index contributed by atoms with van der Waals surface area (Å²) in [5.74, 6) is -0.781. The number of hydrogen-bond donors (Lipinski definition) is 2. The summed E-state index contributed by atoms with van der Waals surface area (Å²) < 4.78 is 0. The third-order valence-corrected chi connectivity index (χ3v) is 5.54. The highest BCUT2D eigenvalue weighted by molar-refractivity contribution is 8.05. The lowest BCUT2D eigenvalue weighted by atomic mass is 10.2. The summed E-state index contributed by atoms with van der Waals surface area (Å²) in [6.07, 6.45) is 0.251. The molecule has 0 saturated carbocycles. The Morgan fingerprint density at radius 1 is 1.14 bits per heavy atom. The van der Waals surface area contributed by atoms with Crippen molar-refractivity contribution in [2.24, 2.45) is 0 Å². The first-order chi connectivity index (χ1) is 13.7. The molecule has 1 atom stereocenters. The maximum atomic E-state index is 12.8. The lowest BCUT2D eigenvalue weighted by Gasteiger charge is -2.18. The largest absolute Gasteiger partial charge is 0.396 e. The van der Waals surface area contributed by atoms with Crippen molar-refractivity contribution < 1.29 is 14.7 Å². The molecule has 1 saturated heterocycles. The Hall–Kier alpha value is -3.08. The standard InChI is InChI=1S/C21H19N3O3S/c22-13-17(19(26)23-14-15-7-3-1-4-8-15)21-24(16-9-5-2-6-10-16)20(27)18(28-21)11-12-25/h1-10,18,25H,11-12,14H2,(H,23,26)/b21-17-/t18-/m1/s1. The van der Waals surface area contributed by atoms with Crippen LogP contribution in [0.15, 0.2) is 71.3 Å². The second kappa shape index (κ2) is 9.22. The first-order valence-electron chi connectivity index (χ1n) is 8.78. The van der Waals surface area contributed by atoms with Crippen LogP contribution in [0.4, 0.5) is 5.69 Å². The van der Waals surface area contributed by atoms with Crippen molar-refractivity contribution in [2.45, 2.75) is 18.2 Å². The van der Waals surface area contributed by atoms with Gasteiger partial charge in [0.25, 0.3) is 5.91 Å². The summed E-state index contributed by atoms with van der Waals surface area (Å²) >= 11 is 1.14. The van der Waals surface area contributed by atoms with Gasteiger partial charge in [0.1, 0.15) is 16.7 Å². The normalized spacial score (nSPS) is 17.9. The maximum Gasteiger partial charge on any atom is 0.264 e. The minimum absolute atomic E-state index is 0.112. The summed E-state index contributed by atoms with van der Waals surface area (Å²) in [5, 5.41) is 21.4. The van der Waals surface area contributed by atoms with Crippen LogP contribution in [-0.4, -0.2) is 28.8 Å². The zero-order valence-corrected chi connectivity index (χ0v) is 15.9. The topological polar surface area (TPSA) is 93.4 Å². The Kier molecular flexibility index (Phi) is 6.48. The smallest absolute Gasteiger partial charge is 0.264 e. The summed E-state index contributed by atoms with van der Waals surface area (Å²) in [5.41, 5.74) is 1.38. The summed E-state index contributed by atoms with van der Waals surface area (Å²) in [6, 6.07) is 20.2. The predicted molar refractivity (Wildman–Crippen MR) is 108 cm³/mol. The molecular weight excluding hydrogens is 374 g/mol. The van der Waals surface area contributed by atoms with Crippen molar-refractivity contribution >= 4 is 29.3 Å². The van der Waals surface area contributed by atoms with Gasteiger partial charge in [-0.3, -0.25) is 14.5 Å². The van der Waals surface area contributed by atoms with Crippen molar-refractivity contribution in [1.82, 2.24) is 5.32 Å². The van der Waals surface area contributed by atoms with Gasteiger partial charge in [-0.1, -0.05) is 60.3 Å². The fourth-order valence-corrected chi connectivity index (χ4v) is 4.09. The maximum absolute atomic E-state index is 12.8. The van der Waals surface area contributed by atoms with E-state index in [9.17, 15) is 20.0 Å². The molecule has 7 heteroatoms. The molecule has 2 amide bonds. The van der Waals surface area contributed by atoms with E-state index in [-0.39, 0.29) is 31.1 Å². The minimum atomic E-state index is -0.537. The minimum Gasteiger partial charge on any atom is -0.396 e. The number of hydrogen-bond acceptors (Lipinski definition) is 5. The van der Waals surface area contributed by atoms with Crippen LogP contribution in [0.2, 0.25) is 0 Å². The average molecular weight is 393 g/mol. The first-order valence-corrected chi connectivity index (χ1v) is 9.66. The van der Waals surface area contributed by atoms with Gasteiger partial charge in [-0.25, -0.2) is 0 Å². The molecule has 2 aromatic rings. The van der Waals surface area contributed by atoms with Gasteiger partial charge in [-0.2, -0.15) is 5.26 Å². The van der Waals surface area contributed by atoms with Crippen LogP contribution in [0.5, 0.6) is 0 Å². The van der Waals surface area contributed by atoms with Crippen LogP contribution in [-0.2, 0) is 16.1 Å². The number of rotatable bonds is 6. The number of carbonyl (C=O) groups is 2. The number of nitrogens with one attached hydrogen (secondary N) is 1. The number of nitriles is 1. The van der Waals surface area contributed by atoms with Crippen LogP contribution < -0.4 is 10.2 Å². The Labute approximate surface area is 167 Å². The molecule has 2 N–H and O–H groups in total. The summed E-state index contributed by atoms with van der Waals surface area (Å²) in [6.45, 7) is 0.129. The van der Waals surface area contributed by atoms with E-state index in [0.29, 0.717) is 10.7 Å². The van der Waals surface area contributed by atoms with Crippen molar-refractivity contribution in [3.05, 3.63) is 76.8 Å². The van der Waals surface area contributed by atoms with Crippen molar-refractivity contribution in [2.75, 3.05) is 11.5 Å². The van der Waals surface area contributed by atoms with Gasteiger partial charge < -0.3 is 10.4 Å². The highest BCUT2D eigenvalue weighted by atomic mass is 32.2. The molecule has 0 aliphatic carbocycles. The second-order valence-corrected chi connectivity index (χ2v) is 7.28. The third-order valence-electron chi connectivity index (χ3n) is 4.21. The Bertz CT molecular complexity index is 923. The highest BCUT2D eigenvalue weighted by Gasteiger charge is 2.40. The number of nitrogens with zero attached hydrogens (tertiary/aromatic N) is 2. The van der Waals surface area contributed by atoms with Gasteiger partial charge in [-0.05, 0) is 24.1 Å². The first kappa shape index (κ1) is 19.7. The zero-order chi connectivity index (χ0) is 19.9. The molecule has 0 unspecified atom stereocenters. The zero-order valence-electron chi connectivity index (χ0n) is 15.0. The number of para-hydroxylation sites is 1. The molecule has 1 aliphatic rings. The quantitative estimate of drug-likeness (QED) is 0.581.